The van der Waals surface area contributed by atoms with Gasteiger partial charge in [0.1, 0.15) is 8.24 Å². The Hall–Kier alpha value is -0.603. The molecule has 0 aliphatic rings. The van der Waals surface area contributed by atoms with Crippen molar-refractivity contribution in [1.29, 1.82) is 0 Å². The molecule has 0 saturated heterocycles. The predicted octanol–water partition coefficient (Wildman–Crippen LogP) is 3.78. The zero-order valence-corrected chi connectivity index (χ0v) is 12.2. The summed E-state index contributed by atoms with van der Waals surface area (Å²) < 4.78 is 2.54. The molecule has 0 radical (unpaired) electrons. The second-order valence-electron chi connectivity index (χ2n) is 4.81. The van der Waals surface area contributed by atoms with Crippen molar-refractivity contribution in [3.05, 3.63) is 35.9 Å². The highest BCUT2D eigenvalue weighted by Crippen LogP contribution is 2.24. The molecule has 0 bridgehead atoms. The van der Waals surface area contributed by atoms with E-state index < -0.39 is 8.24 Å². The van der Waals surface area contributed by atoms with Gasteiger partial charge in [0.2, 0.25) is 0 Å². The van der Waals surface area contributed by atoms with Gasteiger partial charge in [-0.05, 0) is 44.2 Å². The second kappa shape index (κ2) is 6.21. The maximum absolute atomic E-state index is 2.54. The Balaban J connectivity index is 2.64. The van der Waals surface area contributed by atoms with Crippen LogP contribution in [0.25, 0.3) is 0 Å². The summed E-state index contributed by atoms with van der Waals surface area (Å²) in [7, 11) is 3.37. The molecule has 0 amide bonds. The maximum Gasteiger partial charge on any atom is 0.127 e. The molecule has 1 aromatic carbocycles. The van der Waals surface area contributed by atoms with Gasteiger partial charge < -0.3 is 4.57 Å². The van der Waals surface area contributed by atoms with Crippen LogP contribution in [-0.4, -0.2) is 26.9 Å². The second-order valence-corrected chi connectivity index (χ2v) is 10.1. The van der Waals surface area contributed by atoms with Gasteiger partial charge in [-0.25, -0.2) is 0 Å². The lowest BCUT2D eigenvalue weighted by atomic mass is 10.2. The minimum atomic E-state index is -1.17. The first kappa shape index (κ1) is 13.5. The molecular weight excluding hydrogens is 210 g/mol. The Morgan fingerprint density at radius 3 is 2.00 bits per heavy atom. The fourth-order valence-corrected chi connectivity index (χ4v) is 6.15. The van der Waals surface area contributed by atoms with E-state index in [1.54, 1.807) is 0 Å². The van der Waals surface area contributed by atoms with Gasteiger partial charge in [0, 0.05) is 0 Å². The first-order chi connectivity index (χ1) is 7.64. The van der Waals surface area contributed by atoms with E-state index in [1.807, 2.05) is 0 Å². The summed E-state index contributed by atoms with van der Waals surface area (Å²) in [6, 6.07) is 15.0. The molecule has 1 rings (SSSR count). The van der Waals surface area contributed by atoms with Crippen LogP contribution in [0.3, 0.4) is 0 Å². The van der Waals surface area contributed by atoms with Gasteiger partial charge in [-0.2, -0.15) is 0 Å². The van der Waals surface area contributed by atoms with E-state index in [0.717, 1.165) is 0 Å². The predicted molar refractivity (Wildman–Crippen MR) is 75.4 cm³/mol. The van der Waals surface area contributed by atoms with Gasteiger partial charge in [-0.15, -0.1) is 0 Å². The minimum Gasteiger partial charge on any atom is -0.329 e. The van der Waals surface area contributed by atoms with Crippen LogP contribution in [0.15, 0.2) is 30.3 Å². The van der Waals surface area contributed by atoms with E-state index in [-0.39, 0.29) is 0 Å². The molecule has 16 heavy (non-hydrogen) atoms. The molecule has 1 aromatic rings. The van der Waals surface area contributed by atoms with Crippen molar-refractivity contribution in [3.63, 3.8) is 0 Å². The Bertz CT molecular complexity index is 291. The number of aryl methyl sites for hydroxylation is 1. The van der Waals surface area contributed by atoms with Gasteiger partial charge in [0.25, 0.3) is 0 Å². The van der Waals surface area contributed by atoms with Crippen LogP contribution in [0.2, 0.25) is 18.1 Å². The largest absolute Gasteiger partial charge is 0.329 e. The summed E-state index contributed by atoms with van der Waals surface area (Å²) in [5.74, 6) is 0. The normalized spacial score (nSPS) is 12.1. The van der Waals surface area contributed by atoms with Crippen molar-refractivity contribution in [2.45, 2.75) is 38.4 Å². The lowest BCUT2D eigenvalue weighted by molar-refractivity contribution is 0.598. The summed E-state index contributed by atoms with van der Waals surface area (Å²) in [6.07, 6.45) is 1.24. The average molecular weight is 235 g/mol. The van der Waals surface area contributed by atoms with Crippen molar-refractivity contribution in [1.82, 2.24) is 4.57 Å². The van der Waals surface area contributed by atoms with E-state index in [4.69, 9.17) is 0 Å². The van der Waals surface area contributed by atoms with Gasteiger partial charge >= 0.3 is 0 Å². The van der Waals surface area contributed by atoms with Crippen molar-refractivity contribution in [2.24, 2.45) is 0 Å². The molecule has 0 fully saturated rings. The Morgan fingerprint density at radius 1 is 1.00 bits per heavy atom. The molecular formula is C14H25NSi. The Kier molecular flexibility index (Phi) is 5.23. The Labute approximate surface area is 102 Å². The van der Waals surface area contributed by atoms with Crippen molar-refractivity contribution >= 4 is 8.24 Å². The smallest absolute Gasteiger partial charge is 0.127 e. The molecule has 0 aliphatic carbocycles. The molecule has 0 aromatic heterocycles. The standard InChI is InChI=1S/C14H25NSi/c1-5-16(6-2,15(3)4)13-12-14-10-8-7-9-11-14/h7-11H,5-6,12-13H2,1-4H3. The van der Waals surface area contributed by atoms with Crippen LogP contribution in [0.5, 0.6) is 0 Å². The molecule has 90 valence electrons. The summed E-state index contributed by atoms with van der Waals surface area (Å²) in [5, 5.41) is 0. The average Bonchev–Trinajstić information content (AvgIpc) is 2.32. The third-order valence-electron chi connectivity index (χ3n) is 3.99. The highest BCUT2D eigenvalue weighted by molar-refractivity contribution is 6.77. The number of benzene rings is 1. The molecule has 2 heteroatoms. The van der Waals surface area contributed by atoms with Crippen molar-refractivity contribution < 1.29 is 0 Å². The van der Waals surface area contributed by atoms with Crippen molar-refractivity contribution in [3.8, 4) is 0 Å². The summed E-state index contributed by atoms with van der Waals surface area (Å²) in [5.41, 5.74) is 1.49. The highest BCUT2D eigenvalue weighted by atomic mass is 28.3. The molecule has 0 saturated carbocycles. The molecule has 0 spiro atoms. The fourth-order valence-electron chi connectivity index (χ4n) is 2.48. The third-order valence-corrected chi connectivity index (χ3v) is 9.70. The quantitative estimate of drug-likeness (QED) is 0.678. The van der Waals surface area contributed by atoms with E-state index in [9.17, 15) is 0 Å². The van der Waals surface area contributed by atoms with E-state index in [0.29, 0.717) is 0 Å². The first-order valence-electron chi connectivity index (χ1n) is 6.36. The number of hydrogen-bond acceptors (Lipinski definition) is 1. The van der Waals surface area contributed by atoms with Crippen LogP contribution < -0.4 is 0 Å². The molecule has 0 aliphatic heterocycles. The van der Waals surface area contributed by atoms with Crippen molar-refractivity contribution in [2.75, 3.05) is 14.1 Å². The molecule has 0 unspecified atom stereocenters. The van der Waals surface area contributed by atoms with Gasteiger partial charge in [-0.1, -0.05) is 44.2 Å². The lowest BCUT2D eigenvalue weighted by Gasteiger charge is -2.36. The minimum absolute atomic E-state index is 1.17. The van der Waals surface area contributed by atoms with Crippen LogP contribution in [0.1, 0.15) is 19.4 Å². The summed E-state index contributed by atoms with van der Waals surface area (Å²) in [6.45, 7) is 4.72. The lowest BCUT2D eigenvalue weighted by Crippen LogP contribution is -2.48. The summed E-state index contributed by atoms with van der Waals surface area (Å²) >= 11 is 0. The third kappa shape index (κ3) is 3.19. The zero-order chi connectivity index (χ0) is 12.0. The van der Waals surface area contributed by atoms with E-state index >= 15 is 0 Å². The molecule has 0 N–H and O–H groups in total. The molecule has 1 nitrogen and oxygen atoms in total. The number of rotatable bonds is 6. The topological polar surface area (TPSA) is 3.24 Å². The van der Waals surface area contributed by atoms with Gasteiger partial charge in [0.05, 0.1) is 0 Å². The molecule has 0 atom stereocenters. The Morgan fingerprint density at radius 2 is 1.56 bits per heavy atom. The van der Waals surface area contributed by atoms with Crippen LogP contribution in [0, 0.1) is 0 Å². The maximum atomic E-state index is 2.54. The first-order valence-corrected chi connectivity index (χ1v) is 8.93. The fraction of sp³-hybridized carbons (Fsp3) is 0.571. The number of hydrogen-bond donors (Lipinski definition) is 0. The number of nitrogens with zero attached hydrogens (tertiary/aromatic N) is 1. The summed E-state index contributed by atoms with van der Waals surface area (Å²) in [4.78, 5) is 0. The van der Waals surface area contributed by atoms with Crippen LogP contribution >= 0.6 is 0 Å². The molecule has 0 heterocycles. The van der Waals surface area contributed by atoms with E-state index in [2.05, 4.69) is 62.8 Å². The van der Waals surface area contributed by atoms with Gasteiger partial charge in [0.15, 0.2) is 0 Å². The SMILES string of the molecule is CC[Si](CC)(CCc1ccccc1)N(C)C. The highest BCUT2D eigenvalue weighted by Gasteiger charge is 2.31. The monoisotopic (exact) mass is 235 g/mol. The van der Waals surface area contributed by atoms with Gasteiger partial charge in [-0.3, -0.25) is 0 Å². The van der Waals surface area contributed by atoms with Crippen LogP contribution in [-0.2, 0) is 6.42 Å². The zero-order valence-electron chi connectivity index (χ0n) is 11.2. The van der Waals surface area contributed by atoms with E-state index in [1.165, 1.54) is 30.1 Å². The van der Waals surface area contributed by atoms with Crippen LogP contribution in [0.4, 0.5) is 0 Å².